The predicted molar refractivity (Wildman–Crippen MR) is 95.8 cm³/mol. The van der Waals surface area contributed by atoms with Gasteiger partial charge in [-0.2, -0.15) is 0 Å². The molecule has 2 aromatic carbocycles. The summed E-state index contributed by atoms with van der Waals surface area (Å²) in [4.78, 5) is 12.3. The molecule has 3 rings (SSSR count). The van der Waals surface area contributed by atoms with Gasteiger partial charge in [0.25, 0.3) is 0 Å². The zero-order valence-electron chi connectivity index (χ0n) is 14.8. The van der Waals surface area contributed by atoms with E-state index in [4.69, 9.17) is 9.47 Å². The van der Waals surface area contributed by atoms with Gasteiger partial charge in [0.05, 0.1) is 26.3 Å². The smallest absolute Gasteiger partial charge is 0.228 e. The van der Waals surface area contributed by atoms with Crippen molar-refractivity contribution in [2.24, 2.45) is 0 Å². The lowest BCUT2D eigenvalue weighted by molar-refractivity contribution is -0.115. The van der Waals surface area contributed by atoms with E-state index in [1.165, 1.54) is 6.33 Å². The van der Waals surface area contributed by atoms with Gasteiger partial charge in [0.15, 0.2) is 11.5 Å². The molecule has 0 aliphatic heterocycles. The van der Waals surface area contributed by atoms with Gasteiger partial charge in [-0.15, -0.1) is 5.10 Å². The summed E-state index contributed by atoms with van der Waals surface area (Å²) in [5.41, 5.74) is 3.35. The van der Waals surface area contributed by atoms with E-state index in [1.54, 1.807) is 31.0 Å². The zero-order chi connectivity index (χ0) is 18.5. The van der Waals surface area contributed by atoms with E-state index in [-0.39, 0.29) is 12.3 Å². The number of amides is 1. The van der Waals surface area contributed by atoms with Gasteiger partial charge >= 0.3 is 0 Å². The monoisotopic (exact) mass is 353 g/mol. The number of nitrogens with zero attached hydrogens (tertiary/aromatic N) is 4. The molecule has 1 N–H and O–H groups in total. The Bertz CT molecular complexity index is 909. The van der Waals surface area contributed by atoms with Crippen LogP contribution in [0.15, 0.2) is 42.7 Å². The number of carbonyl (C=O) groups is 1. The molecule has 0 spiro atoms. The van der Waals surface area contributed by atoms with Crippen LogP contribution in [0.4, 0.5) is 5.69 Å². The molecule has 134 valence electrons. The fraction of sp³-hybridized carbons (Fsp3) is 0.222. The van der Waals surface area contributed by atoms with Gasteiger partial charge in [-0.1, -0.05) is 6.07 Å². The van der Waals surface area contributed by atoms with Crippen LogP contribution in [0.25, 0.3) is 5.69 Å². The lowest BCUT2D eigenvalue weighted by Gasteiger charge is -2.11. The number of aromatic nitrogens is 4. The minimum atomic E-state index is -0.119. The second-order valence-electron chi connectivity index (χ2n) is 5.67. The fourth-order valence-corrected chi connectivity index (χ4v) is 2.64. The molecule has 0 unspecified atom stereocenters. The first-order valence-electron chi connectivity index (χ1n) is 7.95. The van der Waals surface area contributed by atoms with Crippen molar-refractivity contribution >= 4 is 11.6 Å². The van der Waals surface area contributed by atoms with Crippen LogP contribution >= 0.6 is 0 Å². The summed E-state index contributed by atoms with van der Waals surface area (Å²) in [5.74, 6) is 1.11. The lowest BCUT2D eigenvalue weighted by Crippen LogP contribution is -2.14. The van der Waals surface area contributed by atoms with E-state index in [0.717, 1.165) is 16.8 Å². The molecular formula is C18H19N5O3. The molecule has 0 saturated heterocycles. The quantitative estimate of drug-likeness (QED) is 0.730. The minimum absolute atomic E-state index is 0.119. The molecule has 1 aromatic heterocycles. The molecular weight excluding hydrogens is 334 g/mol. The molecule has 0 atom stereocenters. The number of rotatable bonds is 6. The van der Waals surface area contributed by atoms with E-state index in [0.29, 0.717) is 17.2 Å². The Kier molecular flexibility index (Phi) is 5.12. The number of tetrazole rings is 1. The number of nitrogens with one attached hydrogen (secondary N) is 1. The minimum Gasteiger partial charge on any atom is -0.493 e. The first-order valence-corrected chi connectivity index (χ1v) is 7.95. The maximum absolute atomic E-state index is 12.3. The van der Waals surface area contributed by atoms with Gasteiger partial charge in [-0.25, -0.2) is 4.68 Å². The zero-order valence-corrected chi connectivity index (χ0v) is 14.8. The Morgan fingerprint density at radius 3 is 2.58 bits per heavy atom. The van der Waals surface area contributed by atoms with Crippen molar-refractivity contribution in [1.82, 2.24) is 20.2 Å². The van der Waals surface area contributed by atoms with E-state index < -0.39 is 0 Å². The maximum atomic E-state index is 12.3. The summed E-state index contributed by atoms with van der Waals surface area (Å²) >= 11 is 0. The van der Waals surface area contributed by atoms with Gasteiger partial charge in [-0.3, -0.25) is 4.79 Å². The number of ether oxygens (including phenoxy) is 2. The molecule has 0 aliphatic carbocycles. The van der Waals surface area contributed by atoms with Crippen LogP contribution in [-0.4, -0.2) is 40.3 Å². The molecule has 0 saturated carbocycles. The maximum Gasteiger partial charge on any atom is 0.228 e. The van der Waals surface area contributed by atoms with Crippen LogP contribution in [0, 0.1) is 6.92 Å². The Hall–Kier alpha value is -3.42. The van der Waals surface area contributed by atoms with Crippen molar-refractivity contribution in [3.05, 3.63) is 53.9 Å². The summed E-state index contributed by atoms with van der Waals surface area (Å²) < 4.78 is 12.0. The highest BCUT2D eigenvalue weighted by atomic mass is 16.5. The van der Waals surface area contributed by atoms with E-state index in [2.05, 4.69) is 20.8 Å². The van der Waals surface area contributed by atoms with E-state index in [1.807, 2.05) is 31.2 Å². The van der Waals surface area contributed by atoms with E-state index >= 15 is 0 Å². The number of hydrogen-bond acceptors (Lipinski definition) is 6. The lowest BCUT2D eigenvalue weighted by atomic mass is 10.1. The average Bonchev–Trinajstić information content (AvgIpc) is 3.16. The van der Waals surface area contributed by atoms with Crippen molar-refractivity contribution in [3.63, 3.8) is 0 Å². The summed E-state index contributed by atoms with van der Waals surface area (Å²) in [6.07, 6.45) is 1.76. The van der Waals surface area contributed by atoms with Gasteiger partial charge in [-0.05, 0) is 58.8 Å². The van der Waals surface area contributed by atoms with Crippen LogP contribution in [0.1, 0.15) is 11.1 Å². The highest BCUT2D eigenvalue weighted by molar-refractivity contribution is 5.92. The summed E-state index contributed by atoms with van der Waals surface area (Å²) in [6, 6.07) is 11.0. The van der Waals surface area contributed by atoms with Crippen molar-refractivity contribution < 1.29 is 14.3 Å². The van der Waals surface area contributed by atoms with Crippen molar-refractivity contribution in [3.8, 4) is 17.2 Å². The first kappa shape index (κ1) is 17.4. The summed E-state index contributed by atoms with van der Waals surface area (Å²) in [6.45, 7) is 1.93. The predicted octanol–water partition coefficient (Wildman–Crippen LogP) is 2.17. The summed E-state index contributed by atoms with van der Waals surface area (Å²) in [5, 5.41) is 14.0. The Labute approximate surface area is 150 Å². The molecule has 3 aromatic rings. The molecule has 26 heavy (non-hydrogen) atoms. The van der Waals surface area contributed by atoms with Crippen molar-refractivity contribution in [2.75, 3.05) is 19.5 Å². The second-order valence-corrected chi connectivity index (χ2v) is 5.67. The SMILES string of the molecule is COc1ccc(CC(=O)Nc2ccc(-n3cnnn3)c(C)c2)cc1OC. The van der Waals surface area contributed by atoms with Gasteiger partial charge in [0.1, 0.15) is 6.33 Å². The third-order valence-corrected chi connectivity index (χ3v) is 3.89. The molecule has 0 aliphatic rings. The van der Waals surface area contributed by atoms with Crippen LogP contribution in [0.2, 0.25) is 0 Å². The van der Waals surface area contributed by atoms with Gasteiger partial charge < -0.3 is 14.8 Å². The molecule has 1 heterocycles. The first-order chi connectivity index (χ1) is 12.6. The summed E-state index contributed by atoms with van der Waals surface area (Å²) in [7, 11) is 3.14. The molecule has 1 amide bonds. The third kappa shape index (κ3) is 3.80. The van der Waals surface area contributed by atoms with Crippen LogP contribution in [0.3, 0.4) is 0 Å². The Morgan fingerprint density at radius 2 is 1.92 bits per heavy atom. The third-order valence-electron chi connectivity index (χ3n) is 3.89. The van der Waals surface area contributed by atoms with Crippen molar-refractivity contribution in [1.29, 1.82) is 0 Å². The number of benzene rings is 2. The van der Waals surface area contributed by atoms with Crippen molar-refractivity contribution in [2.45, 2.75) is 13.3 Å². The number of anilines is 1. The second kappa shape index (κ2) is 7.64. The highest BCUT2D eigenvalue weighted by Crippen LogP contribution is 2.27. The Morgan fingerprint density at radius 1 is 1.12 bits per heavy atom. The topological polar surface area (TPSA) is 91.2 Å². The largest absolute Gasteiger partial charge is 0.493 e. The Balaban J connectivity index is 1.69. The number of aryl methyl sites for hydroxylation is 1. The number of carbonyl (C=O) groups excluding carboxylic acids is 1. The molecule has 8 nitrogen and oxygen atoms in total. The van der Waals surface area contributed by atoms with Crippen LogP contribution < -0.4 is 14.8 Å². The van der Waals surface area contributed by atoms with Crippen LogP contribution in [-0.2, 0) is 11.2 Å². The fourth-order valence-electron chi connectivity index (χ4n) is 2.64. The van der Waals surface area contributed by atoms with Gasteiger partial charge in [0.2, 0.25) is 5.91 Å². The molecule has 0 fully saturated rings. The van der Waals surface area contributed by atoms with Gasteiger partial charge in [0, 0.05) is 5.69 Å². The number of hydrogen-bond donors (Lipinski definition) is 1. The molecule has 0 radical (unpaired) electrons. The van der Waals surface area contributed by atoms with E-state index in [9.17, 15) is 4.79 Å². The standard InChI is InChI=1S/C18H19N5O3/c1-12-8-14(5-6-15(12)23-11-19-21-22-23)20-18(24)10-13-4-7-16(25-2)17(9-13)26-3/h4-9,11H,10H2,1-3H3,(H,20,24). The average molecular weight is 353 g/mol. The van der Waals surface area contributed by atoms with Crippen LogP contribution in [0.5, 0.6) is 11.5 Å². The number of methoxy groups -OCH3 is 2. The highest BCUT2D eigenvalue weighted by Gasteiger charge is 2.10. The normalized spacial score (nSPS) is 10.4. The molecule has 8 heteroatoms. The molecule has 0 bridgehead atoms.